The van der Waals surface area contributed by atoms with Crippen LogP contribution in [0.15, 0.2) is 48.5 Å². The molecule has 5 rings (SSSR count). The van der Waals surface area contributed by atoms with Gasteiger partial charge in [0.25, 0.3) is 17.3 Å². The highest BCUT2D eigenvalue weighted by molar-refractivity contribution is 5.98. The molecular weight excluding hydrogens is 434 g/mol. The number of nitro benzene ring substituents is 2. The zero-order valence-corrected chi connectivity index (χ0v) is 16.9. The number of aromatic amines is 2. The summed E-state index contributed by atoms with van der Waals surface area (Å²) in [5.41, 5.74) is 1.72. The molecule has 1 saturated carbocycles. The van der Waals surface area contributed by atoms with Gasteiger partial charge in [0.15, 0.2) is 0 Å². The Morgan fingerprint density at radius 3 is 1.79 bits per heavy atom. The summed E-state index contributed by atoms with van der Waals surface area (Å²) >= 11 is 0. The third kappa shape index (κ3) is 4.79. The normalized spacial score (nSPS) is 12.7. The highest BCUT2D eigenvalue weighted by Gasteiger charge is 2.24. The average molecular weight is 451 g/mol. The van der Waals surface area contributed by atoms with Crippen LogP contribution in [0, 0.1) is 20.2 Å². The standard InChI is InChI=1S/C12H11N3O3.C9H6N2O4/c16-12(13-8-1-2-8)11-6-7-5-9(15(17)18)3-4-10(7)14-11;12-9(13)8-4-5-3-6(11(14)15)1-2-7(5)10-8/h3-6,8,14H,1-2H2,(H,13,16);1-4,10H,(H,12,13). The van der Waals surface area contributed by atoms with E-state index in [2.05, 4.69) is 15.3 Å². The summed E-state index contributed by atoms with van der Waals surface area (Å²) in [5.74, 6) is -1.25. The topological polar surface area (TPSA) is 184 Å². The molecular formula is C21H17N5O7. The molecule has 4 N–H and O–H groups in total. The van der Waals surface area contributed by atoms with Crippen LogP contribution in [0.4, 0.5) is 11.4 Å². The van der Waals surface area contributed by atoms with Gasteiger partial charge in [-0.3, -0.25) is 25.0 Å². The summed E-state index contributed by atoms with van der Waals surface area (Å²) in [4.78, 5) is 48.2. The molecule has 2 aromatic carbocycles. The van der Waals surface area contributed by atoms with Crippen LogP contribution in [0.25, 0.3) is 21.8 Å². The van der Waals surface area contributed by atoms with Crippen molar-refractivity contribution in [1.82, 2.24) is 15.3 Å². The number of carbonyl (C=O) groups is 2. The van der Waals surface area contributed by atoms with Crippen LogP contribution >= 0.6 is 0 Å². The molecule has 168 valence electrons. The van der Waals surface area contributed by atoms with Gasteiger partial charge >= 0.3 is 5.97 Å². The van der Waals surface area contributed by atoms with Gasteiger partial charge in [0.05, 0.1) is 9.85 Å². The van der Waals surface area contributed by atoms with E-state index in [1.165, 1.54) is 36.4 Å². The molecule has 1 amide bonds. The number of aromatic carboxylic acids is 1. The first-order valence-electron chi connectivity index (χ1n) is 9.80. The summed E-state index contributed by atoms with van der Waals surface area (Å²) in [5, 5.41) is 33.9. The number of nitro groups is 2. The zero-order valence-electron chi connectivity index (χ0n) is 16.9. The first-order valence-corrected chi connectivity index (χ1v) is 9.80. The fraction of sp³-hybridized carbons (Fsp3) is 0.143. The second kappa shape index (κ2) is 8.42. The monoisotopic (exact) mass is 451 g/mol. The third-order valence-electron chi connectivity index (χ3n) is 5.02. The number of nitrogens with zero attached hydrogens (tertiary/aromatic N) is 2. The van der Waals surface area contributed by atoms with Crippen molar-refractivity contribution >= 4 is 45.1 Å². The summed E-state index contributed by atoms with van der Waals surface area (Å²) in [7, 11) is 0. The summed E-state index contributed by atoms with van der Waals surface area (Å²) in [6.45, 7) is 0. The van der Waals surface area contributed by atoms with Gasteiger partial charge in [-0.1, -0.05) is 0 Å². The molecule has 1 aliphatic carbocycles. The summed E-state index contributed by atoms with van der Waals surface area (Å²) in [6.07, 6.45) is 2.05. The van der Waals surface area contributed by atoms with Crippen LogP contribution in [-0.4, -0.2) is 42.8 Å². The first kappa shape index (κ1) is 21.5. The first-order chi connectivity index (χ1) is 15.7. The van der Waals surface area contributed by atoms with Gasteiger partial charge in [0, 0.05) is 52.1 Å². The Labute approximate surface area is 184 Å². The Balaban J connectivity index is 0.000000160. The molecule has 1 fully saturated rings. The quantitative estimate of drug-likeness (QED) is 0.263. The largest absolute Gasteiger partial charge is 0.477 e. The molecule has 0 aliphatic heterocycles. The van der Waals surface area contributed by atoms with Crippen LogP contribution in [0.1, 0.15) is 33.8 Å². The molecule has 33 heavy (non-hydrogen) atoms. The molecule has 0 spiro atoms. The summed E-state index contributed by atoms with van der Waals surface area (Å²) in [6, 6.07) is 11.9. The Morgan fingerprint density at radius 2 is 1.33 bits per heavy atom. The minimum Gasteiger partial charge on any atom is -0.477 e. The van der Waals surface area contributed by atoms with Crippen molar-refractivity contribution in [2.24, 2.45) is 0 Å². The molecule has 12 nitrogen and oxygen atoms in total. The Bertz CT molecular complexity index is 1410. The zero-order chi connectivity index (χ0) is 23.7. The molecule has 0 unspecified atom stereocenters. The van der Waals surface area contributed by atoms with Crippen LogP contribution in [0.5, 0.6) is 0 Å². The van der Waals surface area contributed by atoms with Crippen molar-refractivity contribution in [3.63, 3.8) is 0 Å². The van der Waals surface area contributed by atoms with E-state index in [1.54, 1.807) is 12.1 Å². The van der Waals surface area contributed by atoms with E-state index in [9.17, 15) is 29.8 Å². The number of non-ortho nitro benzene ring substituents is 2. The Morgan fingerprint density at radius 1 is 0.848 bits per heavy atom. The maximum atomic E-state index is 11.8. The van der Waals surface area contributed by atoms with Gasteiger partial charge in [-0.25, -0.2) is 4.79 Å². The van der Waals surface area contributed by atoms with Crippen molar-refractivity contribution in [2.45, 2.75) is 18.9 Å². The van der Waals surface area contributed by atoms with Gasteiger partial charge in [-0.15, -0.1) is 0 Å². The van der Waals surface area contributed by atoms with Crippen LogP contribution < -0.4 is 5.32 Å². The smallest absolute Gasteiger partial charge is 0.352 e. The van der Waals surface area contributed by atoms with Crippen molar-refractivity contribution in [2.75, 3.05) is 0 Å². The number of rotatable bonds is 5. The van der Waals surface area contributed by atoms with E-state index in [0.29, 0.717) is 28.0 Å². The predicted octanol–water partition coefficient (Wildman–Crippen LogP) is 3.74. The van der Waals surface area contributed by atoms with Crippen LogP contribution in [0.2, 0.25) is 0 Å². The lowest BCUT2D eigenvalue weighted by atomic mass is 10.2. The van der Waals surface area contributed by atoms with Gasteiger partial charge in [-0.05, 0) is 37.1 Å². The number of H-pyrrole nitrogens is 2. The predicted molar refractivity (Wildman–Crippen MR) is 117 cm³/mol. The van der Waals surface area contributed by atoms with Crippen molar-refractivity contribution in [3.8, 4) is 0 Å². The number of nitrogens with one attached hydrogen (secondary N) is 3. The number of hydrogen-bond acceptors (Lipinski definition) is 6. The molecule has 0 bridgehead atoms. The number of amides is 1. The molecule has 12 heteroatoms. The van der Waals surface area contributed by atoms with Crippen molar-refractivity contribution in [1.29, 1.82) is 0 Å². The van der Waals surface area contributed by atoms with Crippen molar-refractivity contribution in [3.05, 3.63) is 80.1 Å². The highest BCUT2D eigenvalue weighted by atomic mass is 16.6. The van der Waals surface area contributed by atoms with Gasteiger partial charge < -0.3 is 20.4 Å². The number of carbonyl (C=O) groups excluding carboxylic acids is 1. The summed E-state index contributed by atoms with van der Waals surface area (Å²) < 4.78 is 0. The van der Waals surface area contributed by atoms with Crippen LogP contribution in [0.3, 0.4) is 0 Å². The molecule has 2 heterocycles. The number of fused-ring (bicyclic) bond motifs is 2. The maximum absolute atomic E-state index is 11.8. The third-order valence-corrected chi connectivity index (χ3v) is 5.02. The highest BCUT2D eigenvalue weighted by Crippen LogP contribution is 2.23. The Hall–Kier alpha value is -4.74. The number of carboxylic acids is 1. The number of benzene rings is 2. The molecule has 1 aliphatic rings. The Kier molecular flexibility index (Phi) is 5.48. The molecule has 4 aromatic rings. The lowest BCUT2D eigenvalue weighted by Crippen LogP contribution is -2.25. The van der Waals surface area contributed by atoms with Crippen LogP contribution in [-0.2, 0) is 0 Å². The fourth-order valence-corrected chi connectivity index (χ4v) is 3.20. The van der Waals surface area contributed by atoms with E-state index < -0.39 is 15.8 Å². The fourth-order valence-electron chi connectivity index (χ4n) is 3.20. The van der Waals surface area contributed by atoms with Crippen molar-refractivity contribution < 1.29 is 24.5 Å². The second-order valence-corrected chi connectivity index (χ2v) is 7.48. The van der Waals surface area contributed by atoms with Gasteiger partial charge in [-0.2, -0.15) is 0 Å². The van der Waals surface area contributed by atoms with E-state index in [0.717, 1.165) is 18.4 Å². The minimum absolute atomic E-state index is 0.0190. The molecule has 0 saturated heterocycles. The van der Waals surface area contributed by atoms with E-state index in [4.69, 9.17) is 5.11 Å². The average Bonchev–Trinajstić information content (AvgIpc) is 3.32. The SMILES string of the molecule is O=C(NC1CC1)c1cc2cc([N+](=O)[O-])ccc2[nH]1.O=C(O)c1cc2cc([N+](=O)[O-])ccc2[nH]1. The van der Waals surface area contributed by atoms with E-state index in [-0.39, 0.29) is 23.0 Å². The van der Waals surface area contributed by atoms with E-state index in [1.807, 2.05) is 0 Å². The number of carboxylic acid groups (broad SMARTS) is 1. The lowest BCUT2D eigenvalue weighted by Gasteiger charge is -1.98. The second-order valence-electron chi connectivity index (χ2n) is 7.48. The molecule has 0 radical (unpaired) electrons. The minimum atomic E-state index is -1.09. The number of hydrogen-bond donors (Lipinski definition) is 4. The lowest BCUT2D eigenvalue weighted by molar-refractivity contribution is -0.384. The number of aromatic nitrogens is 2. The van der Waals surface area contributed by atoms with Gasteiger partial charge in [0.1, 0.15) is 11.4 Å². The maximum Gasteiger partial charge on any atom is 0.352 e. The van der Waals surface area contributed by atoms with E-state index >= 15 is 0 Å². The molecule has 0 atom stereocenters. The molecule has 2 aromatic heterocycles. The van der Waals surface area contributed by atoms with Gasteiger partial charge in [0.2, 0.25) is 0 Å².